The first kappa shape index (κ1) is 23.6. The van der Waals surface area contributed by atoms with Crippen LogP contribution in [0.15, 0.2) is 72.8 Å². The number of tetrazole rings is 1. The molecule has 3 heterocycles. The summed E-state index contributed by atoms with van der Waals surface area (Å²) in [5.74, 6) is 1.00. The molecule has 0 saturated carbocycles. The van der Waals surface area contributed by atoms with Crippen molar-refractivity contribution >= 4 is 22.4 Å². The number of rotatable bonds is 7. The maximum atomic E-state index is 13.2. The Kier molecular flexibility index (Phi) is 6.34. The fraction of sp³-hybridized carbons (Fsp3) is 0.379. The minimum atomic E-state index is -0.532. The first-order valence-corrected chi connectivity index (χ1v) is 13.3. The van der Waals surface area contributed by atoms with Gasteiger partial charge in [0.1, 0.15) is 5.54 Å². The topological polar surface area (TPSA) is 79.2 Å². The number of nitrogens with zero attached hydrogens (tertiary/aromatic N) is 6. The van der Waals surface area contributed by atoms with Crippen LogP contribution < -0.4 is 10.2 Å². The average molecular weight is 496 g/mol. The fourth-order valence-corrected chi connectivity index (χ4v) is 6.05. The summed E-state index contributed by atoms with van der Waals surface area (Å²) >= 11 is 0. The van der Waals surface area contributed by atoms with Crippen molar-refractivity contribution in [2.75, 3.05) is 24.7 Å². The Morgan fingerprint density at radius 1 is 0.973 bits per heavy atom. The van der Waals surface area contributed by atoms with Gasteiger partial charge in [-0.1, -0.05) is 74.0 Å². The van der Waals surface area contributed by atoms with Crippen molar-refractivity contribution in [3.05, 3.63) is 84.2 Å². The minimum absolute atomic E-state index is 0.0926. The van der Waals surface area contributed by atoms with Gasteiger partial charge in [-0.15, -0.1) is 5.10 Å². The van der Waals surface area contributed by atoms with Crippen LogP contribution in [0.5, 0.6) is 0 Å². The molecule has 6 rings (SSSR count). The molecule has 1 N–H and O–H groups in total. The molecular formula is C29H33N7O. The van der Waals surface area contributed by atoms with E-state index in [2.05, 4.69) is 92.2 Å². The standard InChI is InChI=1S/C29H33N7O/c1-2-3-18-36-27(31-32-33-36)26(25-15-9-11-22-10-7-8-14-24(22)25)34-19-16-29(17-20-34)28(37)30-21-35(29)23-12-5-4-6-13-23/h4-15,26H,2-3,16-21H2,1H3,(H,30,37). The van der Waals surface area contributed by atoms with Gasteiger partial charge in [0.25, 0.3) is 0 Å². The number of fused-ring (bicyclic) bond motifs is 1. The number of hydrogen-bond donors (Lipinski definition) is 1. The van der Waals surface area contributed by atoms with Gasteiger partial charge in [0, 0.05) is 25.3 Å². The summed E-state index contributed by atoms with van der Waals surface area (Å²) in [6, 6.07) is 25.2. The summed E-state index contributed by atoms with van der Waals surface area (Å²) in [5.41, 5.74) is 1.76. The zero-order valence-electron chi connectivity index (χ0n) is 21.3. The number of amides is 1. The Bertz CT molecular complexity index is 1370. The molecule has 8 nitrogen and oxygen atoms in total. The van der Waals surface area contributed by atoms with Gasteiger partial charge in [-0.3, -0.25) is 9.69 Å². The molecule has 1 spiro atoms. The molecule has 190 valence electrons. The Morgan fingerprint density at radius 2 is 1.73 bits per heavy atom. The Labute approximate surface area is 217 Å². The van der Waals surface area contributed by atoms with E-state index in [9.17, 15) is 4.79 Å². The number of carbonyl (C=O) groups excluding carboxylic acids is 1. The van der Waals surface area contributed by atoms with Crippen LogP contribution in [0.1, 0.15) is 50.0 Å². The zero-order valence-corrected chi connectivity index (χ0v) is 21.3. The molecule has 2 saturated heterocycles. The molecule has 0 bridgehead atoms. The van der Waals surface area contributed by atoms with Crippen LogP contribution in [0, 0.1) is 0 Å². The lowest BCUT2D eigenvalue weighted by Gasteiger charge is -2.45. The number of unbranched alkanes of at least 4 members (excludes halogenated alkanes) is 1. The number of benzene rings is 3. The third-order valence-electron chi connectivity index (χ3n) is 8.04. The van der Waals surface area contributed by atoms with E-state index in [-0.39, 0.29) is 11.9 Å². The van der Waals surface area contributed by atoms with Crippen molar-refractivity contribution in [1.82, 2.24) is 30.4 Å². The van der Waals surface area contributed by atoms with Crippen LogP contribution in [-0.4, -0.2) is 56.3 Å². The molecule has 2 aliphatic heterocycles. The Morgan fingerprint density at radius 3 is 2.54 bits per heavy atom. The highest BCUT2D eigenvalue weighted by Crippen LogP contribution is 2.40. The molecule has 1 unspecified atom stereocenters. The number of piperidine rings is 1. The van der Waals surface area contributed by atoms with Gasteiger partial charge in [-0.2, -0.15) is 0 Å². The number of hydrogen-bond acceptors (Lipinski definition) is 6. The third-order valence-corrected chi connectivity index (χ3v) is 8.04. The highest BCUT2D eigenvalue weighted by atomic mass is 16.2. The van der Waals surface area contributed by atoms with Gasteiger partial charge < -0.3 is 10.2 Å². The number of likely N-dealkylation sites (tertiary alicyclic amines) is 1. The zero-order chi connectivity index (χ0) is 25.2. The number of carbonyl (C=O) groups is 1. The Balaban J connectivity index is 1.37. The summed E-state index contributed by atoms with van der Waals surface area (Å²) in [4.78, 5) is 18.0. The number of aryl methyl sites for hydroxylation is 1. The molecule has 3 aromatic carbocycles. The molecule has 0 aliphatic carbocycles. The molecule has 4 aromatic rings. The molecule has 37 heavy (non-hydrogen) atoms. The van der Waals surface area contributed by atoms with Crippen molar-refractivity contribution in [3.8, 4) is 0 Å². The van der Waals surface area contributed by atoms with Gasteiger partial charge in [-0.05, 0) is 58.2 Å². The van der Waals surface area contributed by atoms with Crippen LogP contribution in [0.2, 0.25) is 0 Å². The monoisotopic (exact) mass is 495 g/mol. The SMILES string of the molecule is CCCCn1nnnc1C(c1cccc2ccccc12)N1CCC2(CC1)C(=O)NCN2c1ccccc1. The molecule has 0 radical (unpaired) electrons. The van der Waals surface area contributed by atoms with E-state index in [4.69, 9.17) is 0 Å². The maximum Gasteiger partial charge on any atom is 0.247 e. The number of para-hydroxylation sites is 1. The molecule has 1 amide bonds. The van der Waals surface area contributed by atoms with E-state index >= 15 is 0 Å². The van der Waals surface area contributed by atoms with E-state index < -0.39 is 5.54 Å². The van der Waals surface area contributed by atoms with E-state index in [1.807, 2.05) is 22.9 Å². The van der Waals surface area contributed by atoms with Crippen molar-refractivity contribution in [2.45, 2.75) is 50.7 Å². The van der Waals surface area contributed by atoms with Gasteiger partial charge in [-0.25, -0.2) is 4.68 Å². The van der Waals surface area contributed by atoms with E-state index in [0.29, 0.717) is 6.67 Å². The molecule has 2 fully saturated rings. The first-order chi connectivity index (χ1) is 18.2. The second-order valence-corrected chi connectivity index (χ2v) is 10.1. The smallest absolute Gasteiger partial charge is 0.247 e. The number of nitrogens with one attached hydrogen (secondary N) is 1. The summed E-state index contributed by atoms with van der Waals surface area (Å²) in [7, 11) is 0. The lowest BCUT2D eigenvalue weighted by Crippen LogP contribution is -2.57. The third kappa shape index (κ3) is 4.15. The number of aromatic nitrogens is 4. The van der Waals surface area contributed by atoms with Crippen molar-refractivity contribution in [1.29, 1.82) is 0 Å². The van der Waals surface area contributed by atoms with Crippen molar-refractivity contribution < 1.29 is 4.79 Å². The van der Waals surface area contributed by atoms with Gasteiger partial charge in [0.2, 0.25) is 5.91 Å². The van der Waals surface area contributed by atoms with E-state index in [1.165, 1.54) is 16.3 Å². The quantitative estimate of drug-likeness (QED) is 0.415. The highest BCUT2D eigenvalue weighted by Gasteiger charge is 2.51. The largest absolute Gasteiger partial charge is 0.339 e. The molecule has 8 heteroatoms. The summed E-state index contributed by atoms with van der Waals surface area (Å²) in [5, 5.41) is 18.6. The average Bonchev–Trinajstić information content (AvgIpc) is 3.53. The van der Waals surface area contributed by atoms with Crippen LogP contribution >= 0.6 is 0 Å². The van der Waals surface area contributed by atoms with Gasteiger partial charge >= 0.3 is 0 Å². The predicted octanol–water partition coefficient (Wildman–Crippen LogP) is 4.14. The second kappa shape index (κ2) is 9.94. The van der Waals surface area contributed by atoms with Gasteiger partial charge in [0.05, 0.1) is 12.7 Å². The Hall–Kier alpha value is -3.78. The number of anilines is 1. The van der Waals surface area contributed by atoms with E-state index in [1.54, 1.807) is 0 Å². The molecular weight excluding hydrogens is 462 g/mol. The maximum absolute atomic E-state index is 13.2. The highest BCUT2D eigenvalue weighted by molar-refractivity contribution is 5.93. The summed E-state index contributed by atoms with van der Waals surface area (Å²) in [6.07, 6.45) is 3.58. The lowest BCUT2D eigenvalue weighted by atomic mass is 9.84. The summed E-state index contributed by atoms with van der Waals surface area (Å²) < 4.78 is 1.97. The van der Waals surface area contributed by atoms with Crippen LogP contribution in [0.3, 0.4) is 0 Å². The van der Waals surface area contributed by atoms with Gasteiger partial charge in [0.15, 0.2) is 5.82 Å². The molecule has 1 atom stereocenters. The normalized spacial score (nSPS) is 18.4. The van der Waals surface area contributed by atoms with Crippen LogP contribution in [-0.2, 0) is 11.3 Å². The molecule has 2 aliphatic rings. The second-order valence-electron chi connectivity index (χ2n) is 10.1. The lowest BCUT2D eigenvalue weighted by molar-refractivity contribution is -0.125. The van der Waals surface area contributed by atoms with E-state index in [0.717, 1.165) is 56.8 Å². The van der Waals surface area contributed by atoms with Crippen molar-refractivity contribution in [2.24, 2.45) is 0 Å². The first-order valence-electron chi connectivity index (χ1n) is 13.3. The minimum Gasteiger partial charge on any atom is -0.339 e. The van der Waals surface area contributed by atoms with Crippen LogP contribution in [0.4, 0.5) is 5.69 Å². The summed E-state index contributed by atoms with van der Waals surface area (Å²) in [6.45, 7) is 5.06. The molecule has 1 aromatic heterocycles. The fourth-order valence-electron chi connectivity index (χ4n) is 6.05. The van der Waals surface area contributed by atoms with Crippen molar-refractivity contribution in [3.63, 3.8) is 0 Å². The van der Waals surface area contributed by atoms with Crippen LogP contribution in [0.25, 0.3) is 10.8 Å². The predicted molar refractivity (Wildman–Crippen MR) is 144 cm³/mol.